The minimum atomic E-state index is -3.61. The van der Waals surface area contributed by atoms with E-state index >= 15 is 0 Å². The Kier molecular flexibility index (Phi) is 5.85. The number of piperazine rings is 1. The number of aryl methyl sites for hydroxylation is 1. The zero-order valence-corrected chi connectivity index (χ0v) is 18.7. The number of hydrogen-bond donors (Lipinski definition) is 0. The van der Waals surface area contributed by atoms with Crippen molar-refractivity contribution in [3.05, 3.63) is 22.9 Å². The number of hydrogen-bond acceptors (Lipinski definition) is 7. The molecule has 12 nitrogen and oxygen atoms in total. The highest BCUT2D eigenvalue weighted by Crippen LogP contribution is 2.19. The topological polar surface area (TPSA) is 123 Å². The molecule has 2 saturated heterocycles. The van der Waals surface area contributed by atoms with Gasteiger partial charge in [-0.1, -0.05) is 0 Å². The molecule has 0 spiro atoms. The van der Waals surface area contributed by atoms with E-state index in [1.807, 2.05) is 13.8 Å². The fraction of sp³-hybridized carbons (Fsp3) is 0.667. The zero-order chi connectivity index (χ0) is 22.3. The second kappa shape index (κ2) is 8.30. The van der Waals surface area contributed by atoms with Crippen LogP contribution in [-0.2, 0) is 33.3 Å². The molecule has 0 radical (unpaired) electrons. The number of fused-ring (bicyclic) bond motifs is 1. The van der Waals surface area contributed by atoms with Gasteiger partial charge in [0.15, 0.2) is 5.65 Å². The number of aromatic nitrogens is 4. The molecule has 2 aromatic rings. The SMILES string of the molecule is C[C@H]1CN(S(=O)(=O)N2CCN(C(=O)Cn3cnc4c(cnn4C)c3=O)CC2)C[C@H](C)O1. The van der Waals surface area contributed by atoms with Crippen LogP contribution in [0.5, 0.6) is 0 Å². The van der Waals surface area contributed by atoms with Crippen LogP contribution in [0, 0.1) is 0 Å². The lowest BCUT2D eigenvalue weighted by atomic mass is 10.3. The molecule has 0 bridgehead atoms. The fourth-order valence-electron chi connectivity index (χ4n) is 4.08. The van der Waals surface area contributed by atoms with Gasteiger partial charge in [0.05, 0.1) is 18.4 Å². The maximum Gasteiger partial charge on any atom is 0.282 e. The Labute approximate surface area is 180 Å². The van der Waals surface area contributed by atoms with Crippen LogP contribution in [0.4, 0.5) is 0 Å². The van der Waals surface area contributed by atoms with E-state index in [1.165, 1.54) is 30.4 Å². The Morgan fingerprint density at radius 3 is 2.42 bits per heavy atom. The Hall–Kier alpha value is -2.35. The average Bonchev–Trinajstić information content (AvgIpc) is 3.11. The van der Waals surface area contributed by atoms with Crippen LogP contribution in [0.15, 0.2) is 17.3 Å². The molecule has 13 heteroatoms. The number of carbonyl (C=O) groups is 1. The molecule has 2 fully saturated rings. The number of ether oxygens (including phenoxy) is 1. The molecule has 4 heterocycles. The van der Waals surface area contributed by atoms with Crippen molar-refractivity contribution in [3.63, 3.8) is 0 Å². The maximum absolute atomic E-state index is 13.0. The molecular weight excluding hydrogens is 426 g/mol. The molecule has 2 aliphatic heterocycles. The van der Waals surface area contributed by atoms with Crippen molar-refractivity contribution >= 4 is 27.1 Å². The summed E-state index contributed by atoms with van der Waals surface area (Å²) in [4.78, 5) is 31.1. The van der Waals surface area contributed by atoms with Crippen molar-refractivity contribution in [1.82, 2.24) is 32.8 Å². The summed E-state index contributed by atoms with van der Waals surface area (Å²) < 4.78 is 37.3. The van der Waals surface area contributed by atoms with Crippen LogP contribution in [-0.4, -0.2) is 98.6 Å². The van der Waals surface area contributed by atoms with Gasteiger partial charge in [-0.3, -0.25) is 18.8 Å². The third-order valence-electron chi connectivity index (χ3n) is 5.65. The first-order chi connectivity index (χ1) is 14.7. The van der Waals surface area contributed by atoms with Crippen LogP contribution in [0.3, 0.4) is 0 Å². The molecule has 0 N–H and O–H groups in total. The van der Waals surface area contributed by atoms with Gasteiger partial charge in [-0.05, 0) is 13.8 Å². The number of nitrogens with zero attached hydrogens (tertiary/aromatic N) is 7. The monoisotopic (exact) mass is 453 g/mol. The standard InChI is InChI=1S/C18H27N7O5S/c1-13-9-25(10-14(2)30-13)31(28,29)24-6-4-22(5-7-24)16(26)11-23-12-19-17-15(18(23)27)8-20-21(17)3/h8,12-14H,4-7,9-11H2,1-3H3/t13-,14-/m0/s1. The van der Waals surface area contributed by atoms with Gasteiger partial charge in [0.2, 0.25) is 5.91 Å². The highest BCUT2D eigenvalue weighted by molar-refractivity contribution is 7.86. The third kappa shape index (κ3) is 4.22. The van der Waals surface area contributed by atoms with Gasteiger partial charge in [0, 0.05) is 46.3 Å². The lowest BCUT2D eigenvalue weighted by Crippen LogP contribution is -2.58. The lowest BCUT2D eigenvalue weighted by Gasteiger charge is -2.40. The Morgan fingerprint density at radius 1 is 1.13 bits per heavy atom. The Bertz CT molecular complexity index is 1130. The zero-order valence-electron chi connectivity index (χ0n) is 17.8. The van der Waals surface area contributed by atoms with Gasteiger partial charge in [0.25, 0.3) is 15.8 Å². The van der Waals surface area contributed by atoms with Crippen molar-refractivity contribution in [3.8, 4) is 0 Å². The largest absolute Gasteiger partial charge is 0.373 e. The summed E-state index contributed by atoms with van der Waals surface area (Å²) in [6.45, 7) is 5.16. The Balaban J connectivity index is 1.39. The van der Waals surface area contributed by atoms with Gasteiger partial charge >= 0.3 is 0 Å². The molecule has 0 aromatic carbocycles. The van der Waals surface area contributed by atoms with Crippen molar-refractivity contribution in [2.75, 3.05) is 39.3 Å². The number of carbonyl (C=O) groups excluding carboxylic acids is 1. The van der Waals surface area contributed by atoms with E-state index in [4.69, 9.17) is 4.74 Å². The highest BCUT2D eigenvalue weighted by atomic mass is 32.2. The van der Waals surface area contributed by atoms with E-state index in [9.17, 15) is 18.0 Å². The first-order valence-electron chi connectivity index (χ1n) is 10.2. The average molecular weight is 454 g/mol. The van der Waals surface area contributed by atoms with Gasteiger partial charge in [-0.15, -0.1) is 0 Å². The molecule has 0 unspecified atom stereocenters. The van der Waals surface area contributed by atoms with Crippen LogP contribution >= 0.6 is 0 Å². The number of amides is 1. The van der Waals surface area contributed by atoms with Gasteiger partial charge in [0.1, 0.15) is 18.3 Å². The quantitative estimate of drug-likeness (QED) is 0.560. The molecule has 170 valence electrons. The van der Waals surface area contributed by atoms with Crippen molar-refractivity contribution in [2.24, 2.45) is 7.05 Å². The molecule has 2 aliphatic rings. The molecule has 0 saturated carbocycles. The molecular formula is C18H27N7O5S. The predicted octanol–water partition coefficient (Wildman–Crippen LogP) is -1.37. The van der Waals surface area contributed by atoms with E-state index in [2.05, 4.69) is 10.1 Å². The summed E-state index contributed by atoms with van der Waals surface area (Å²) in [5, 5.41) is 4.37. The second-order valence-electron chi connectivity index (χ2n) is 8.04. The molecule has 4 rings (SSSR count). The summed E-state index contributed by atoms with van der Waals surface area (Å²) in [7, 11) is -1.92. The van der Waals surface area contributed by atoms with E-state index in [0.29, 0.717) is 24.1 Å². The smallest absolute Gasteiger partial charge is 0.282 e. The van der Waals surface area contributed by atoms with Gasteiger partial charge in [-0.25, -0.2) is 4.98 Å². The van der Waals surface area contributed by atoms with Crippen LogP contribution in [0.1, 0.15) is 13.8 Å². The number of rotatable bonds is 4. The molecule has 1 amide bonds. The molecule has 2 aromatic heterocycles. The van der Waals surface area contributed by atoms with Crippen molar-refractivity contribution in [1.29, 1.82) is 0 Å². The highest BCUT2D eigenvalue weighted by Gasteiger charge is 2.37. The first kappa shape index (κ1) is 21.9. The normalized spacial score (nSPS) is 24.0. The predicted molar refractivity (Wildman–Crippen MR) is 111 cm³/mol. The summed E-state index contributed by atoms with van der Waals surface area (Å²) in [5.41, 5.74) is 0.127. The summed E-state index contributed by atoms with van der Waals surface area (Å²) >= 11 is 0. The van der Waals surface area contributed by atoms with E-state index in [-0.39, 0.29) is 56.4 Å². The maximum atomic E-state index is 13.0. The Morgan fingerprint density at radius 2 is 1.77 bits per heavy atom. The lowest BCUT2D eigenvalue weighted by molar-refractivity contribution is -0.133. The third-order valence-corrected chi connectivity index (χ3v) is 7.62. The van der Waals surface area contributed by atoms with Crippen LogP contribution < -0.4 is 5.56 Å². The first-order valence-corrected chi connectivity index (χ1v) is 11.6. The van der Waals surface area contributed by atoms with Crippen LogP contribution in [0.25, 0.3) is 11.0 Å². The van der Waals surface area contributed by atoms with E-state index in [1.54, 1.807) is 11.9 Å². The van der Waals surface area contributed by atoms with Gasteiger partial charge in [-0.2, -0.15) is 22.1 Å². The minimum Gasteiger partial charge on any atom is -0.373 e. The van der Waals surface area contributed by atoms with E-state index < -0.39 is 10.2 Å². The number of morpholine rings is 1. The summed E-state index contributed by atoms with van der Waals surface area (Å²) in [6.07, 6.45) is 2.45. The van der Waals surface area contributed by atoms with Crippen LogP contribution in [0.2, 0.25) is 0 Å². The molecule has 0 aliphatic carbocycles. The van der Waals surface area contributed by atoms with Crippen molar-refractivity contribution < 1.29 is 17.9 Å². The van der Waals surface area contributed by atoms with E-state index in [0.717, 1.165) is 0 Å². The van der Waals surface area contributed by atoms with Crippen molar-refractivity contribution in [2.45, 2.75) is 32.6 Å². The summed E-state index contributed by atoms with van der Waals surface area (Å²) in [6, 6.07) is 0. The minimum absolute atomic E-state index is 0.151. The van der Waals surface area contributed by atoms with Gasteiger partial charge < -0.3 is 9.64 Å². The second-order valence-corrected chi connectivity index (χ2v) is 9.97. The fourth-order valence-corrected chi connectivity index (χ4v) is 5.82. The summed E-state index contributed by atoms with van der Waals surface area (Å²) in [5.74, 6) is -0.252. The molecule has 31 heavy (non-hydrogen) atoms. The molecule has 2 atom stereocenters.